The second-order valence-corrected chi connectivity index (χ2v) is 1.44. The van der Waals surface area contributed by atoms with Gasteiger partial charge >= 0.3 is 7.32 Å². The summed E-state index contributed by atoms with van der Waals surface area (Å²) in [5.74, 6) is 0. The van der Waals surface area contributed by atoms with Gasteiger partial charge in [-0.15, -0.1) is 4.89 Å². The molecule has 4 N–H and O–H groups in total. The Kier molecular flexibility index (Phi) is 3.96. The van der Waals surface area contributed by atoms with Gasteiger partial charge in [0.15, 0.2) is 0 Å². The van der Waals surface area contributed by atoms with Crippen LogP contribution < -0.4 is 4.89 Å². The van der Waals surface area contributed by atoms with E-state index in [4.69, 9.17) is 14.6 Å². The van der Waals surface area contributed by atoms with E-state index in [0.717, 1.165) is 0 Å². The number of hydrogen-bond donors (Lipinski definition) is 4. The van der Waals surface area contributed by atoms with Crippen LogP contribution >= 0.6 is 0 Å². The smallest absolute Gasteiger partial charge is 0.401 e. The van der Waals surface area contributed by atoms with Gasteiger partial charge in [-0.2, -0.15) is 0 Å². The summed E-state index contributed by atoms with van der Waals surface area (Å²) in [4.78, 5) is 1.37. The summed E-state index contributed by atoms with van der Waals surface area (Å²) >= 11 is -2.38. The van der Waals surface area contributed by atoms with E-state index in [1.54, 1.807) is 0 Å². The fraction of sp³-hybridized carbons (Fsp3) is 0. The first kappa shape index (κ1) is 8.01. The minimum atomic E-state index is -2.38. The Morgan fingerprint density at radius 2 is 2.12 bits per heavy atom. The maximum atomic E-state index is 9.56. The molecule has 0 aliphatic rings. The molecule has 0 rings (SSSR count). The van der Waals surface area contributed by atoms with Crippen molar-refractivity contribution in [2.45, 2.75) is 0 Å². The van der Waals surface area contributed by atoms with Crippen molar-refractivity contribution < 1.29 is 23.6 Å². The van der Waals surface area contributed by atoms with Crippen molar-refractivity contribution in [3.8, 4) is 0 Å². The largest absolute Gasteiger partial charge is 0.652 e. The molecule has 48 valence electrons. The van der Waals surface area contributed by atoms with Crippen LogP contribution in [-0.2, 0) is 16.0 Å². The lowest BCUT2D eigenvalue weighted by Gasteiger charge is -1.96. The minimum absolute atomic E-state index is 1.37. The Balaban J connectivity index is 3.05. The van der Waals surface area contributed by atoms with E-state index in [2.05, 4.69) is 4.76 Å². The molecule has 0 aromatic carbocycles. The van der Waals surface area contributed by atoms with Crippen LogP contribution in [0.5, 0.6) is 0 Å². The molecule has 0 saturated carbocycles. The van der Waals surface area contributed by atoms with Crippen LogP contribution in [0.25, 0.3) is 0 Å². The Bertz CT molecular complexity index is 82.5. The molecule has 0 bridgehead atoms. The lowest BCUT2D eigenvalue weighted by Crippen LogP contribution is -2.28. The molecule has 1 atom stereocenters. The third kappa shape index (κ3) is 6.01. The summed E-state index contributed by atoms with van der Waals surface area (Å²) in [5, 5.41) is 15.7. The summed E-state index contributed by atoms with van der Waals surface area (Å²) < 4.78 is 21.0. The molecule has 0 aliphatic carbocycles. The second-order valence-electron chi connectivity index (χ2n) is 0.777. The Hall–Kier alpha value is 0.0149. The third-order valence-electron chi connectivity index (χ3n) is 0.225. The molecule has 1 unspecified atom stereocenters. The van der Waals surface area contributed by atoms with Crippen molar-refractivity contribution in [3.63, 3.8) is 0 Å². The highest BCUT2D eigenvalue weighted by Gasteiger charge is 2.08. The molecule has 0 aromatic heterocycles. The van der Waals surface area contributed by atoms with Crippen molar-refractivity contribution in [1.29, 1.82) is 0 Å². The first-order chi connectivity index (χ1) is 3.63. The monoisotopic (exact) mass is 141 g/mol. The van der Waals surface area contributed by atoms with Gasteiger partial charge in [-0.3, -0.25) is 9.31 Å². The van der Waals surface area contributed by atoms with Gasteiger partial charge in [0.25, 0.3) is 11.3 Å². The molecular weight excluding hydrogens is 137 g/mol. The second kappa shape index (κ2) is 3.95. The van der Waals surface area contributed by atoms with Gasteiger partial charge in [0.2, 0.25) is 0 Å². The van der Waals surface area contributed by atoms with Crippen molar-refractivity contribution in [2.24, 2.45) is 0 Å². The van der Waals surface area contributed by atoms with Crippen molar-refractivity contribution in [3.05, 3.63) is 0 Å². The van der Waals surface area contributed by atoms with Crippen LogP contribution in [0.3, 0.4) is 0 Å². The Labute approximate surface area is 48.0 Å². The van der Waals surface area contributed by atoms with Crippen LogP contribution in [0.15, 0.2) is 0 Å². The molecule has 0 fully saturated rings. The maximum absolute atomic E-state index is 9.56. The quantitative estimate of drug-likeness (QED) is 0.199. The molecule has 0 amide bonds. The highest BCUT2D eigenvalue weighted by Crippen LogP contribution is 1.68. The molecule has 0 saturated heterocycles. The molecule has 8 heteroatoms. The van der Waals surface area contributed by atoms with E-state index < -0.39 is 18.6 Å². The SMILES string of the molecule is O=S(O)NOB(O)O. The van der Waals surface area contributed by atoms with Crippen LogP contribution in [0.1, 0.15) is 0 Å². The standard InChI is InChI=1S/BH4NO5S/c3-1(4)7-2-8(5)6/h2-4H,(H,5,6). The molecule has 0 radical (unpaired) electrons. The van der Waals surface area contributed by atoms with Gasteiger partial charge in [0.05, 0.1) is 0 Å². The molecule has 0 aromatic rings. The van der Waals surface area contributed by atoms with Gasteiger partial charge in [-0.25, -0.2) is 4.21 Å². The first-order valence-corrected chi connectivity index (χ1v) is 2.62. The number of rotatable bonds is 3. The predicted molar refractivity (Wildman–Crippen MR) is 25.2 cm³/mol. The molecular formula is H4BNO5S. The number of nitrogens with one attached hydrogen (secondary N) is 1. The average Bonchev–Trinajstić information content (AvgIpc) is 1.61. The molecule has 0 aliphatic heterocycles. The van der Waals surface area contributed by atoms with Crippen LogP contribution in [-0.4, -0.2) is 26.1 Å². The average molecular weight is 141 g/mol. The van der Waals surface area contributed by atoms with Gasteiger partial charge in [0, 0.05) is 0 Å². The zero-order valence-corrected chi connectivity index (χ0v) is 4.46. The molecule has 6 nitrogen and oxygen atoms in total. The third-order valence-corrected chi connectivity index (χ3v) is 0.464. The highest BCUT2D eigenvalue weighted by molar-refractivity contribution is 7.77. The van der Waals surface area contributed by atoms with Crippen LogP contribution in [0, 0.1) is 0 Å². The van der Waals surface area contributed by atoms with Crippen molar-refractivity contribution in [2.75, 3.05) is 0 Å². The number of hydrogen-bond acceptors (Lipinski definition) is 4. The van der Waals surface area contributed by atoms with E-state index in [1.165, 1.54) is 4.89 Å². The summed E-state index contributed by atoms with van der Waals surface area (Å²) in [5.41, 5.74) is 0. The zero-order valence-electron chi connectivity index (χ0n) is 3.64. The molecule has 0 heterocycles. The summed E-state index contributed by atoms with van der Waals surface area (Å²) in [6, 6.07) is 0. The fourth-order valence-corrected chi connectivity index (χ4v) is 0.253. The maximum Gasteiger partial charge on any atom is 0.652 e. The topological polar surface area (TPSA) is 99.0 Å². The minimum Gasteiger partial charge on any atom is -0.401 e. The summed E-state index contributed by atoms with van der Waals surface area (Å²) in [7, 11) is -2.08. The molecule has 8 heavy (non-hydrogen) atoms. The first-order valence-electron chi connectivity index (χ1n) is 1.51. The highest BCUT2D eigenvalue weighted by atomic mass is 32.2. The molecule has 0 spiro atoms. The predicted octanol–water partition coefficient (Wildman–Crippen LogP) is -2.39. The van der Waals surface area contributed by atoms with Gasteiger partial charge < -0.3 is 10.0 Å². The van der Waals surface area contributed by atoms with E-state index >= 15 is 0 Å². The normalized spacial score (nSPS) is 13.4. The summed E-state index contributed by atoms with van der Waals surface area (Å²) in [6.45, 7) is 0. The lowest BCUT2D eigenvalue weighted by molar-refractivity contribution is 0.154. The Morgan fingerprint density at radius 1 is 1.62 bits per heavy atom. The summed E-state index contributed by atoms with van der Waals surface area (Å²) in [6.07, 6.45) is 0. The van der Waals surface area contributed by atoms with E-state index in [-0.39, 0.29) is 0 Å². The van der Waals surface area contributed by atoms with Crippen LogP contribution in [0.4, 0.5) is 0 Å². The Morgan fingerprint density at radius 3 is 2.25 bits per heavy atom. The van der Waals surface area contributed by atoms with Gasteiger partial charge in [-0.05, 0) is 0 Å². The zero-order chi connectivity index (χ0) is 6.57. The van der Waals surface area contributed by atoms with E-state index in [1.807, 2.05) is 0 Å². The van der Waals surface area contributed by atoms with E-state index in [9.17, 15) is 4.21 Å². The van der Waals surface area contributed by atoms with Crippen LogP contribution in [0.2, 0.25) is 0 Å². The van der Waals surface area contributed by atoms with Crippen molar-refractivity contribution in [1.82, 2.24) is 4.89 Å². The van der Waals surface area contributed by atoms with Gasteiger partial charge in [-0.1, -0.05) is 0 Å². The van der Waals surface area contributed by atoms with Crippen molar-refractivity contribution >= 4 is 18.6 Å². The van der Waals surface area contributed by atoms with E-state index in [0.29, 0.717) is 0 Å². The fourth-order valence-electron chi connectivity index (χ4n) is 0.0842. The lowest BCUT2D eigenvalue weighted by atomic mass is 10.3. The van der Waals surface area contributed by atoms with Gasteiger partial charge in [0.1, 0.15) is 0 Å².